The van der Waals surface area contributed by atoms with Gasteiger partial charge in [-0.3, -0.25) is 0 Å². The molecule has 0 spiro atoms. The summed E-state index contributed by atoms with van der Waals surface area (Å²) in [6.07, 6.45) is 1.81. The van der Waals surface area contributed by atoms with Crippen molar-refractivity contribution in [2.24, 2.45) is 5.73 Å². The molecule has 1 heterocycles. The van der Waals surface area contributed by atoms with Crippen molar-refractivity contribution >= 4 is 0 Å². The molecule has 0 aliphatic rings. The van der Waals surface area contributed by atoms with Crippen LogP contribution in [0.1, 0.15) is 30.0 Å². The maximum atomic E-state index is 5.61. The lowest BCUT2D eigenvalue weighted by atomic mass is 10.2. The van der Waals surface area contributed by atoms with Crippen molar-refractivity contribution in [2.45, 2.75) is 26.8 Å². The molecule has 3 heteroatoms. The Kier molecular flexibility index (Phi) is 2.19. The Morgan fingerprint density at radius 2 is 2.09 bits per heavy atom. The molecule has 11 heavy (non-hydrogen) atoms. The Bertz CT molecular complexity index is 256. The molecule has 0 amide bonds. The van der Waals surface area contributed by atoms with Crippen LogP contribution in [0, 0.1) is 13.8 Å². The molecule has 3 nitrogen and oxygen atoms in total. The topological polar surface area (TPSA) is 51.8 Å². The van der Waals surface area contributed by atoms with Gasteiger partial charge in [0.05, 0.1) is 6.04 Å². The number of aromatic nitrogens is 2. The summed E-state index contributed by atoms with van der Waals surface area (Å²) in [5.41, 5.74) is 7.72. The van der Waals surface area contributed by atoms with Gasteiger partial charge in [-0.15, -0.1) is 0 Å². The van der Waals surface area contributed by atoms with Crippen molar-refractivity contribution in [2.75, 3.05) is 0 Å². The van der Waals surface area contributed by atoms with E-state index in [2.05, 4.69) is 9.97 Å². The summed E-state index contributed by atoms with van der Waals surface area (Å²) in [7, 11) is 0. The average molecular weight is 151 g/mol. The second kappa shape index (κ2) is 2.96. The van der Waals surface area contributed by atoms with Gasteiger partial charge >= 0.3 is 0 Å². The molecule has 0 fully saturated rings. The Morgan fingerprint density at radius 1 is 1.45 bits per heavy atom. The predicted octanol–water partition coefficient (Wildman–Crippen LogP) is 1.11. The van der Waals surface area contributed by atoms with E-state index in [0.717, 1.165) is 11.3 Å². The van der Waals surface area contributed by atoms with Crippen LogP contribution in [0.15, 0.2) is 6.20 Å². The third-order valence-corrected chi connectivity index (χ3v) is 1.65. The van der Waals surface area contributed by atoms with E-state index in [-0.39, 0.29) is 6.04 Å². The largest absolute Gasteiger partial charge is 0.322 e. The zero-order valence-electron chi connectivity index (χ0n) is 7.13. The number of nitrogens with two attached hydrogens (primary N) is 1. The Balaban J connectivity index is 3.05. The zero-order valence-corrected chi connectivity index (χ0v) is 7.13. The third-order valence-electron chi connectivity index (χ3n) is 1.65. The van der Waals surface area contributed by atoms with Crippen molar-refractivity contribution < 1.29 is 0 Å². The fourth-order valence-electron chi connectivity index (χ4n) is 0.765. The molecular weight excluding hydrogens is 138 g/mol. The van der Waals surface area contributed by atoms with Crippen LogP contribution in [0.25, 0.3) is 0 Å². The van der Waals surface area contributed by atoms with Crippen molar-refractivity contribution in [3.8, 4) is 0 Å². The molecule has 1 atom stereocenters. The van der Waals surface area contributed by atoms with Crippen LogP contribution < -0.4 is 5.73 Å². The first-order valence-corrected chi connectivity index (χ1v) is 3.67. The molecule has 0 saturated heterocycles. The number of aryl methyl sites for hydroxylation is 2. The molecule has 0 radical (unpaired) electrons. The van der Waals surface area contributed by atoms with Gasteiger partial charge in [-0.25, -0.2) is 9.97 Å². The summed E-state index contributed by atoms with van der Waals surface area (Å²) >= 11 is 0. The normalized spacial score (nSPS) is 13.1. The lowest BCUT2D eigenvalue weighted by molar-refractivity contribution is 0.730. The molecule has 0 aliphatic carbocycles. The van der Waals surface area contributed by atoms with E-state index >= 15 is 0 Å². The SMILES string of the molecule is Cc1cnc(C(C)N)nc1C. The van der Waals surface area contributed by atoms with Gasteiger partial charge in [0.2, 0.25) is 0 Å². The highest BCUT2D eigenvalue weighted by atomic mass is 14.9. The van der Waals surface area contributed by atoms with Gasteiger partial charge in [0.1, 0.15) is 5.82 Å². The molecule has 2 N–H and O–H groups in total. The second-order valence-electron chi connectivity index (χ2n) is 2.79. The zero-order chi connectivity index (χ0) is 8.43. The summed E-state index contributed by atoms with van der Waals surface area (Å²) in [6.45, 7) is 5.83. The Labute approximate surface area is 66.7 Å². The molecule has 60 valence electrons. The van der Waals surface area contributed by atoms with E-state index in [9.17, 15) is 0 Å². The first kappa shape index (κ1) is 8.14. The highest BCUT2D eigenvalue weighted by Crippen LogP contribution is 2.06. The van der Waals surface area contributed by atoms with E-state index in [1.165, 1.54) is 0 Å². The summed E-state index contributed by atoms with van der Waals surface area (Å²) in [5, 5.41) is 0. The van der Waals surface area contributed by atoms with Crippen molar-refractivity contribution in [3.05, 3.63) is 23.3 Å². The quantitative estimate of drug-likeness (QED) is 0.654. The molecule has 1 aromatic rings. The van der Waals surface area contributed by atoms with Gasteiger partial charge in [-0.2, -0.15) is 0 Å². The average Bonchev–Trinajstić information content (AvgIpc) is 1.94. The van der Waals surface area contributed by atoms with Crippen LogP contribution >= 0.6 is 0 Å². The molecule has 0 saturated carbocycles. The van der Waals surface area contributed by atoms with Gasteiger partial charge < -0.3 is 5.73 Å². The van der Waals surface area contributed by atoms with Crippen LogP contribution in [0.3, 0.4) is 0 Å². The van der Waals surface area contributed by atoms with E-state index < -0.39 is 0 Å². The summed E-state index contributed by atoms with van der Waals surface area (Å²) in [5.74, 6) is 0.716. The van der Waals surface area contributed by atoms with E-state index in [0.29, 0.717) is 5.82 Å². The smallest absolute Gasteiger partial charge is 0.144 e. The predicted molar refractivity (Wildman–Crippen MR) is 44.1 cm³/mol. The van der Waals surface area contributed by atoms with E-state index in [1.807, 2.05) is 20.8 Å². The van der Waals surface area contributed by atoms with Crippen LogP contribution in [-0.2, 0) is 0 Å². The van der Waals surface area contributed by atoms with Gasteiger partial charge in [-0.1, -0.05) is 0 Å². The van der Waals surface area contributed by atoms with Crippen molar-refractivity contribution in [1.29, 1.82) is 0 Å². The molecule has 1 rings (SSSR count). The minimum atomic E-state index is -0.0747. The molecule has 1 aromatic heterocycles. The summed E-state index contributed by atoms with van der Waals surface area (Å²) in [4.78, 5) is 8.34. The minimum absolute atomic E-state index is 0.0747. The standard InChI is InChI=1S/C8H13N3/c1-5-4-10-8(6(2)9)11-7(5)3/h4,6H,9H2,1-3H3. The van der Waals surface area contributed by atoms with Crippen LogP contribution in [0.5, 0.6) is 0 Å². The number of hydrogen-bond donors (Lipinski definition) is 1. The van der Waals surface area contributed by atoms with E-state index in [1.54, 1.807) is 6.20 Å². The lowest BCUT2D eigenvalue weighted by Crippen LogP contribution is -2.10. The maximum absolute atomic E-state index is 5.61. The lowest BCUT2D eigenvalue weighted by Gasteiger charge is -2.05. The van der Waals surface area contributed by atoms with Gasteiger partial charge in [0.25, 0.3) is 0 Å². The Morgan fingerprint density at radius 3 is 2.55 bits per heavy atom. The molecule has 0 aromatic carbocycles. The fourth-order valence-corrected chi connectivity index (χ4v) is 0.765. The Hall–Kier alpha value is -0.960. The second-order valence-corrected chi connectivity index (χ2v) is 2.79. The van der Waals surface area contributed by atoms with Gasteiger partial charge in [0, 0.05) is 11.9 Å². The maximum Gasteiger partial charge on any atom is 0.144 e. The highest BCUT2D eigenvalue weighted by Gasteiger charge is 2.03. The first-order valence-electron chi connectivity index (χ1n) is 3.67. The highest BCUT2D eigenvalue weighted by molar-refractivity contribution is 5.14. The van der Waals surface area contributed by atoms with Crippen LogP contribution in [0.2, 0.25) is 0 Å². The first-order chi connectivity index (χ1) is 5.11. The van der Waals surface area contributed by atoms with Crippen LogP contribution in [-0.4, -0.2) is 9.97 Å². The number of nitrogens with zero attached hydrogens (tertiary/aromatic N) is 2. The minimum Gasteiger partial charge on any atom is -0.322 e. The van der Waals surface area contributed by atoms with Gasteiger partial charge in [-0.05, 0) is 26.3 Å². The molecule has 1 unspecified atom stereocenters. The van der Waals surface area contributed by atoms with Crippen molar-refractivity contribution in [3.63, 3.8) is 0 Å². The fraction of sp³-hybridized carbons (Fsp3) is 0.500. The number of hydrogen-bond acceptors (Lipinski definition) is 3. The van der Waals surface area contributed by atoms with Crippen molar-refractivity contribution in [1.82, 2.24) is 9.97 Å². The van der Waals surface area contributed by atoms with Crippen LogP contribution in [0.4, 0.5) is 0 Å². The summed E-state index contributed by atoms with van der Waals surface area (Å²) < 4.78 is 0. The monoisotopic (exact) mass is 151 g/mol. The molecule has 0 bridgehead atoms. The third kappa shape index (κ3) is 1.74. The summed E-state index contributed by atoms with van der Waals surface area (Å²) in [6, 6.07) is -0.0747. The molecular formula is C8H13N3. The molecule has 0 aliphatic heterocycles. The van der Waals surface area contributed by atoms with E-state index in [4.69, 9.17) is 5.73 Å². The number of rotatable bonds is 1. The van der Waals surface area contributed by atoms with Gasteiger partial charge in [0.15, 0.2) is 0 Å².